The Hall–Kier alpha value is -1.26. The van der Waals surface area contributed by atoms with Crippen molar-refractivity contribution in [2.75, 3.05) is 13.2 Å². The lowest BCUT2D eigenvalue weighted by molar-refractivity contribution is -0.143. The van der Waals surface area contributed by atoms with Crippen LogP contribution in [0.4, 0.5) is 4.79 Å². The number of carbonyl (C=O) groups is 2. The van der Waals surface area contributed by atoms with E-state index in [1.807, 2.05) is 6.92 Å². The van der Waals surface area contributed by atoms with Gasteiger partial charge < -0.3 is 15.2 Å². The Bertz CT molecular complexity index is 248. The van der Waals surface area contributed by atoms with Gasteiger partial charge in [0, 0.05) is 6.54 Å². The molecule has 0 saturated heterocycles. The van der Waals surface area contributed by atoms with Gasteiger partial charge in [-0.1, -0.05) is 13.3 Å². The molecule has 0 unspecified atom stereocenters. The van der Waals surface area contributed by atoms with Crippen LogP contribution in [-0.2, 0) is 9.53 Å². The van der Waals surface area contributed by atoms with Crippen molar-refractivity contribution in [2.24, 2.45) is 5.41 Å². The Morgan fingerprint density at radius 3 is 2.60 bits per heavy atom. The molecule has 0 aromatic carbocycles. The summed E-state index contributed by atoms with van der Waals surface area (Å²) < 4.78 is 4.84. The molecule has 1 aliphatic carbocycles. The molecule has 1 rings (SSSR count). The summed E-state index contributed by atoms with van der Waals surface area (Å²) in [6.45, 7) is 2.57. The topological polar surface area (TPSA) is 75.6 Å². The SMILES string of the molecule is CCCCOC(=O)NCC1(C(=O)O)CC1. The van der Waals surface area contributed by atoms with Gasteiger partial charge in [-0.2, -0.15) is 0 Å². The largest absolute Gasteiger partial charge is 0.481 e. The zero-order chi connectivity index (χ0) is 11.3. The van der Waals surface area contributed by atoms with E-state index in [0.29, 0.717) is 19.4 Å². The number of rotatable bonds is 6. The van der Waals surface area contributed by atoms with Gasteiger partial charge in [0.05, 0.1) is 12.0 Å². The molecule has 0 heterocycles. The van der Waals surface area contributed by atoms with Gasteiger partial charge in [-0.05, 0) is 19.3 Å². The molecule has 0 radical (unpaired) electrons. The van der Waals surface area contributed by atoms with Gasteiger partial charge in [0.15, 0.2) is 0 Å². The van der Waals surface area contributed by atoms with Crippen LogP contribution in [0.5, 0.6) is 0 Å². The molecule has 0 aliphatic heterocycles. The minimum Gasteiger partial charge on any atom is -0.481 e. The summed E-state index contributed by atoms with van der Waals surface area (Å²) in [5.74, 6) is -0.837. The third kappa shape index (κ3) is 3.42. The average Bonchev–Trinajstić information content (AvgIpc) is 2.96. The molecule has 15 heavy (non-hydrogen) atoms. The van der Waals surface area contributed by atoms with Crippen molar-refractivity contribution in [3.63, 3.8) is 0 Å². The number of alkyl carbamates (subject to hydrolysis) is 1. The van der Waals surface area contributed by atoms with Crippen molar-refractivity contribution in [3.05, 3.63) is 0 Å². The van der Waals surface area contributed by atoms with E-state index in [4.69, 9.17) is 9.84 Å². The first-order chi connectivity index (χ1) is 7.10. The molecule has 5 nitrogen and oxygen atoms in total. The summed E-state index contributed by atoms with van der Waals surface area (Å²) in [6.07, 6.45) is 2.55. The number of nitrogens with one attached hydrogen (secondary N) is 1. The monoisotopic (exact) mass is 215 g/mol. The number of carbonyl (C=O) groups excluding carboxylic acids is 1. The lowest BCUT2D eigenvalue weighted by Gasteiger charge is -2.11. The molecule has 1 fully saturated rings. The van der Waals surface area contributed by atoms with Gasteiger partial charge in [-0.15, -0.1) is 0 Å². The van der Waals surface area contributed by atoms with Crippen molar-refractivity contribution in [1.82, 2.24) is 5.32 Å². The molecule has 86 valence electrons. The minimum atomic E-state index is -0.837. The van der Waals surface area contributed by atoms with Crippen molar-refractivity contribution in [3.8, 4) is 0 Å². The van der Waals surface area contributed by atoms with Crippen molar-refractivity contribution in [2.45, 2.75) is 32.6 Å². The highest BCUT2D eigenvalue weighted by Gasteiger charge is 2.50. The third-order valence-corrected chi connectivity index (χ3v) is 2.61. The summed E-state index contributed by atoms with van der Waals surface area (Å²) in [4.78, 5) is 21.9. The van der Waals surface area contributed by atoms with Crippen molar-refractivity contribution >= 4 is 12.1 Å². The van der Waals surface area contributed by atoms with E-state index < -0.39 is 17.5 Å². The summed E-state index contributed by atoms with van der Waals surface area (Å²) in [6, 6.07) is 0. The molecule has 2 N–H and O–H groups in total. The van der Waals surface area contributed by atoms with E-state index in [1.165, 1.54) is 0 Å². The second-order valence-electron chi connectivity index (χ2n) is 3.93. The standard InChI is InChI=1S/C10H17NO4/c1-2-3-6-15-9(14)11-7-10(4-5-10)8(12)13/h2-7H2,1H3,(H,11,14)(H,12,13). The van der Waals surface area contributed by atoms with Gasteiger partial charge in [-0.25, -0.2) is 4.79 Å². The van der Waals surface area contributed by atoms with Crippen molar-refractivity contribution in [1.29, 1.82) is 0 Å². The van der Waals surface area contributed by atoms with Crippen LogP contribution in [-0.4, -0.2) is 30.3 Å². The number of ether oxygens (including phenoxy) is 1. The van der Waals surface area contributed by atoms with Crippen LogP contribution < -0.4 is 5.32 Å². The predicted molar refractivity (Wildman–Crippen MR) is 53.6 cm³/mol. The van der Waals surface area contributed by atoms with Crippen LogP contribution in [0.1, 0.15) is 32.6 Å². The van der Waals surface area contributed by atoms with Crippen LogP contribution >= 0.6 is 0 Å². The summed E-state index contributed by atoms with van der Waals surface area (Å²) >= 11 is 0. The van der Waals surface area contributed by atoms with E-state index in [9.17, 15) is 9.59 Å². The molecule has 1 amide bonds. The van der Waals surface area contributed by atoms with Gasteiger partial charge in [-0.3, -0.25) is 4.79 Å². The van der Waals surface area contributed by atoms with Gasteiger partial charge in [0.1, 0.15) is 0 Å². The van der Waals surface area contributed by atoms with E-state index in [-0.39, 0.29) is 6.54 Å². The van der Waals surface area contributed by atoms with Crippen molar-refractivity contribution < 1.29 is 19.4 Å². The van der Waals surface area contributed by atoms with E-state index >= 15 is 0 Å². The second-order valence-corrected chi connectivity index (χ2v) is 3.93. The van der Waals surface area contributed by atoms with E-state index in [2.05, 4.69) is 5.32 Å². The molecule has 0 spiro atoms. The summed E-state index contributed by atoms with van der Waals surface area (Å²) in [7, 11) is 0. The predicted octanol–water partition coefficient (Wildman–Crippen LogP) is 1.38. The number of unbranched alkanes of at least 4 members (excludes halogenated alkanes) is 1. The van der Waals surface area contributed by atoms with Crippen LogP contribution in [0.15, 0.2) is 0 Å². The molecule has 0 bridgehead atoms. The third-order valence-electron chi connectivity index (χ3n) is 2.61. The number of aliphatic carboxylic acids is 1. The number of hydrogen-bond acceptors (Lipinski definition) is 3. The summed E-state index contributed by atoms with van der Waals surface area (Å²) in [5.41, 5.74) is -0.718. The first-order valence-corrected chi connectivity index (χ1v) is 5.25. The number of carboxylic acid groups (broad SMARTS) is 1. The Balaban J connectivity index is 2.14. The van der Waals surface area contributed by atoms with E-state index in [1.54, 1.807) is 0 Å². The Kier molecular flexibility index (Phi) is 3.94. The molecule has 0 aromatic rings. The van der Waals surface area contributed by atoms with Gasteiger partial charge in [0.25, 0.3) is 0 Å². The first kappa shape index (κ1) is 11.8. The van der Waals surface area contributed by atoms with Gasteiger partial charge in [0.2, 0.25) is 0 Å². The fraction of sp³-hybridized carbons (Fsp3) is 0.800. The fourth-order valence-electron chi connectivity index (χ4n) is 1.22. The minimum absolute atomic E-state index is 0.174. The lowest BCUT2D eigenvalue weighted by atomic mass is 10.1. The highest BCUT2D eigenvalue weighted by Crippen LogP contribution is 2.45. The van der Waals surface area contributed by atoms with Crippen LogP contribution in [0.25, 0.3) is 0 Å². The maximum atomic E-state index is 11.1. The summed E-state index contributed by atoms with van der Waals surface area (Å²) in [5, 5.41) is 11.3. The van der Waals surface area contributed by atoms with Crippen LogP contribution in [0.3, 0.4) is 0 Å². The highest BCUT2D eigenvalue weighted by atomic mass is 16.5. The average molecular weight is 215 g/mol. The zero-order valence-corrected chi connectivity index (χ0v) is 8.91. The Morgan fingerprint density at radius 1 is 1.47 bits per heavy atom. The number of amides is 1. The number of hydrogen-bond donors (Lipinski definition) is 2. The lowest BCUT2D eigenvalue weighted by Crippen LogP contribution is -2.34. The smallest absolute Gasteiger partial charge is 0.407 e. The maximum absolute atomic E-state index is 11.1. The maximum Gasteiger partial charge on any atom is 0.407 e. The normalized spacial score (nSPS) is 16.9. The Labute approximate surface area is 88.8 Å². The zero-order valence-electron chi connectivity index (χ0n) is 8.91. The molecule has 1 aliphatic rings. The van der Waals surface area contributed by atoms with Crippen LogP contribution in [0, 0.1) is 5.41 Å². The first-order valence-electron chi connectivity index (χ1n) is 5.25. The molecular formula is C10H17NO4. The molecular weight excluding hydrogens is 198 g/mol. The molecule has 0 atom stereocenters. The second kappa shape index (κ2) is 5.00. The molecule has 5 heteroatoms. The highest BCUT2D eigenvalue weighted by molar-refractivity contribution is 5.79. The quantitative estimate of drug-likeness (QED) is 0.656. The molecule has 0 aromatic heterocycles. The van der Waals surface area contributed by atoms with E-state index in [0.717, 1.165) is 12.8 Å². The van der Waals surface area contributed by atoms with Gasteiger partial charge >= 0.3 is 12.1 Å². The fourth-order valence-corrected chi connectivity index (χ4v) is 1.22. The van der Waals surface area contributed by atoms with Crippen LogP contribution in [0.2, 0.25) is 0 Å². The Morgan fingerprint density at radius 2 is 2.13 bits per heavy atom. The molecule has 1 saturated carbocycles. The number of carboxylic acids is 1.